The fourth-order valence-electron chi connectivity index (χ4n) is 3.37. The monoisotopic (exact) mass is 341 g/mol. The molecule has 0 atom stereocenters. The Morgan fingerprint density at radius 3 is 2.29 bits per heavy atom. The summed E-state index contributed by atoms with van der Waals surface area (Å²) < 4.78 is 38.2. The van der Waals surface area contributed by atoms with E-state index in [0.29, 0.717) is 25.7 Å². The normalized spacial score (nSPS) is 25.2. The Hall–Kier alpha value is -2.12. The van der Waals surface area contributed by atoms with Gasteiger partial charge in [-0.05, 0) is 37.8 Å². The van der Waals surface area contributed by atoms with Crippen molar-refractivity contribution in [2.24, 2.45) is 0 Å². The van der Waals surface area contributed by atoms with E-state index in [4.69, 9.17) is 0 Å². The molecule has 2 aliphatic rings. The van der Waals surface area contributed by atoms with Crippen LogP contribution in [0, 0.1) is 0 Å². The zero-order valence-corrected chi connectivity index (χ0v) is 13.0. The fourth-order valence-corrected chi connectivity index (χ4v) is 3.37. The van der Waals surface area contributed by atoms with Crippen molar-refractivity contribution in [3.8, 4) is 0 Å². The summed E-state index contributed by atoms with van der Waals surface area (Å²) in [5.41, 5.74) is -0.734. The first-order valence-electron chi connectivity index (χ1n) is 7.99. The van der Waals surface area contributed by atoms with E-state index in [9.17, 15) is 22.8 Å². The van der Waals surface area contributed by atoms with Gasteiger partial charge < -0.3 is 5.32 Å². The van der Waals surface area contributed by atoms with Gasteiger partial charge in [-0.25, -0.2) is 4.98 Å². The fraction of sp³-hybridized carbons (Fsp3) is 0.562. The van der Waals surface area contributed by atoms with Crippen LogP contribution in [0.4, 0.5) is 19.0 Å². The number of hydrogen-bond donors (Lipinski definition) is 1. The van der Waals surface area contributed by atoms with Gasteiger partial charge in [-0.2, -0.15) is 13.2 Å². The number of alkyl halides is 3. The van der Waals surface area contributed by atoms with Crippen molar-refractivity contribution in [3.05, 3.63) is 23.9 Å². The average Bonchev–Trinajstić information content (AvgIpc) is 2.87. The van der Waals surface area contributed by atoms with Crippen LogP contribution in [0.25, 0.3) is 0 Å². The van der Waals surface area contributed by atoms with Gasteiger partial charge in [-0.15, -0.1) is 0 Å². The molecule has 0 unspecified atom stereocenters. The predicted molar refractivity (Wildman–Crippen MR) is 80.0 cm³/mol. The van der Waals surface area contributed by atoms with E-state index in [0.717, 1.165) is 18.3 Å². The summed E-state index contributed by atoms with van der Waals surface area (Å²) in [6, 6.07) is 1.84. The molecule has 1 aliphatic carbocycles. The van der Waals surface area contributed by atoms with E-state index in [1.165, 1.54) is 4.90 Å². The number of carbonyl (C=O) groups is 2. The maximum absolute atomic E-state index is 12.7. The Labute approximate surface area is 137 Å². The van der Waals surface area contributed by atoms with Gasteiger partial charge in [-0.3, -0.25) is 14.5 Å². The lowest BCUT2D eigenvalue weighted by Gasteiger charge is -2.34. The van der Waals surface area contributed by atoms with Crippen molar-refractivity contribution in [1.82, 2.24) is 9.88 Å². The molecule has 1 saturated carbocycles. The van der Waals surface area contributed by atoms with Gasteiger partial charge in [0, 0.05) is 31.1 Å². The zero-order valence-electron chi connectivity index (χ0n) is 13.0. The number of rotatable bonds is 3. The molecule has 0 aromatic carbocycles. The number of anilines is 1. The molecule has 1 aromatic rings. The number of amides is 2. The molecule has 24 heavy (non-hydrogen) atoms. The van der Waals surface area contributed by atoms with Crippen molar-refractivity contribution in [2.75, 3.05) is 5.32 Å². The topological polar surface area (TPSA) is 62.3 Å². The second-order valence-electron chi connectivity index (χ2n) is 6.23. The van der Waals surface area contributed by atoms with E-state index in [1.54, 1.807) is 0 Å². The lowest BCUT2D eigenvalue weighted by Crippen LogP contribution is -2.43. The van der Waals surface area contributed by atoms with Crippen LogP contribution in [0.2, 0.25) is 0 Å². The van der Waals surface area contributed by atoms with Crippen molar-refractivity contribution >= 4 is 17.6 Å². The SMILES string of the molecule is O=C1CCC(=O)N1C1CCC(Nc2cc(C(F)(F)F)ccn2)CC1. The van der Waals surface area contributed by atoms with E-state index >= 15 is 0 Å². The first kappa shape index (κ1) is 16.7. The minimum Gasteiger partial charge on any atom is -0.367 e. The second kappa shape index (κ2) is 6.41. The third kappa shape index (κ3) is 3.52. The molecular formula is C16H18F3N3O2. The predicted octanol–water partition coefficient (Wildman–Crippen LogP) is 2.97. The van der Waals surface area contributed by atoms with Crippen molar-refractivity contribution in [1.29, 1.82) is 0 Å². The minimum absolute atomic E-state index is 0.00922. The van der Waals surface area contributed by atoms with Crippen LogP contribution in [0.5, 0.6) is 0 Å². The lowest BCUT2D eigenvalue weighted by molar-refractivity contribution is -0.142. The van der Waals surface area contributed by atoms with Crippen LogP contribution < -0.4 is 5.32 Å². The number of likely N-dealkylation sites (tertiary alicyclic amines) is 1. The molecule has 3 rings (SSSR count). The Morgan fingerprint density at radius 1 is 1.08 bits per heavy atom. The number of aromatic nitrogens is 1. The molecular weight excluding hydrogens is 323 g/mol. The number of pyridine rings is 1. The van der Waals surface area contributed by atoms with E-state index in [1.807, 2.05) is 0 Å². The molecule has 1 saturated heterocycles. The number of nitrogens with one attached hydrogen (secondary N) is 1. The van der Waals surface area contributed by atoms with Crippen LogP contribution in [0.15, 0.2) is 18.3 Å². The zero-order chi connectivity index (χ0) is 17.3. The van der Waals surface area contributed by atoms with Crippen LogP contribution in [0.3, 0.4) is 0 Å². The maximum Gasteiger partial charge on any atom is 0.416 e. The number of halogens is 3. The molecule has 2 fully saturated rings. The van der Waals surface area contributed by atoms with Crippen molar-refractivity contribution < 1.29 is 22.8 Å². The highest BCUT2D eigenvalue weighted by atomic mass is 19.4. The molecule has 2 heterocycles. The maximum atomic E-state index is 12.7. The third-order valence-corrected chi connectivity index (χ3v) is 4.59. The third-order valence-electron chi connectivity index (χ3n) is 4.59. The Bertz CT molecular complexity index is 624. The quantitative estimate of drug-likeness (QED) is 0.859. The van der Waals surface area contributed by atoms with Crippen LogP contribution >= 0.6 is 0 Å². The summed E-state index contributed by atoms with van der Waals surface area (Å²) in [6.45, 7) is 0. The summed E-state index contributed by atoms with van der Waals surface area (Å²) in [5, 5.41) is 3.03. The summed E-state index contributed by atoms with van der Waals surface area (Å²) in [6.07, 6.45) is -0.0102. The van der Waals surface area contributed by atoms with Gasteiger partial charge in [0.1, 0.15) is 5.82 Å². The van der Waals surface area contributed by atoms with Gasteiger partial charge in [0.05, 0.1) is 5.56 Å². The van der Waals surface area contributed by atoms with Gasteiger partial charge >= 0.3 is 6.18 Å². The number of hydrogen-bond acceptors (Lipinski definition) is 4. The van der Waals surface area contributed by atoms with Gasteiger partial charge in [0.25, 0.3) is 0 Å². The molecule has 2 amide bonds. The Morgan fingerprint density at radius 2 is 1.71 bits per heavy atom. The van der Waals surface area contributed by atoms with Crippen LogP contribution in [-0.2, 0) is 15.8 Å². The molecule has 1 aliphatic heterocycles. The Kier molecular flexibility index (Phi) is 4.47. The molecule has 5 nitrogen and oxygen atoms in total. The Balaban J connectivity index is 1.58. The van der Waals surface area contributed by atoms with Crippen molar-refractivity contribution in [3.63, 3.8) is 0 Å². The van der Waals surface area contributed by atoms with Crippen LogP contribution in [-0.4, -0.2) is 33.8 Å². The smallest absolute Gasteiger partial charge is 0.367 e. The van der Waals surface area contributed by atoms with Crippen molar-refractivity contribution in [2.45, 2.75) is 56.8 Å². The standard InChI is InChI=1S/C16H18F3N3O2/c17-16(18,19)10-7-8-20-13(9-10)21-11-1-3-12(4-2-11)22-14(23)5-6-15(22)24/h7-9,11-12H,1-6H2,(H,20,21). The van der Waals surface area contributed by atoms with Gasteiger partial charge in [0.2, 0.25) is 11.8 Å². The van der Waals surface area contributed by atoms with Gasteiger partial charge in [0.15, 0.2) is 0 Å². The molecule has 1 aromatic heterocycles. The van der Waals surface area contributed by atoms with E-state index in [-0.39, 0.29) is 42.6 Å². The average molecular weight is 341 g/mol. The lowest BCUT2D eigenvalue weighted by atomic mass is 9.90. The summed E-state index contributed by atoms with van der Waals surface area (Å²) in [5.74, 6) is -0.0338. The second-order valence-corrected chi connectivity index (χ2v) is 6.23. The number of nitrogens with zero attached hydrogens (tertiary/aromatic N) is 2. The van der Waals surface area contributed by atoms with Crippen LogP contribution in [0.1, 0.15) is 44.1 Å². The first-order chi connectivity index (χ1) is 11.3. The number of carbonyl (C=O) groups excluding carboxylic acids is 2. The summed E-state index contributed by atoms with van der Waals surface area (Å²) >= 11 is 0. The highest BCUT2D eigenvalue weighted by Gasteiger charge is 2.37. The molecule has 0 spiro atoms. The highest BCUT2D eigenvalue weighted by molar-refractivity contribution is 6.02. The van der Waals surface area contributed by atoms with Gasteiger partial charge in [-0.1, -0.05) is 0 Å². The highest BCUT2D eigenvalue weighted by Crippen LogP contribution is 2.32. The molecule has 1 N–H and O–H groups in total. The molecule has 130 valence electrons. The van der Waals surface area contributed by atoms with E-state index < -0.39 is 11.7 Å². The summed E-state index contributed by atoms with van der Waals surface area (Å²) in [7, 11) is 0. The molecule has 8 heteroatoms. The molecule has 0 bridgehead atoms. The molecule has 0 radical (unpaired) electrons. The van der Waals surface area contributed by atoms with E-state index in [2.05, 4.69) is 10.3 Å². The minimum atomic E-state index is -4.40. The number of imide groups is 1. The summed E-state index contributed by atoms with van der Waals surface area (Å²) in [4.78, 5) is 28.8. The first-order valence-corrected chi connectivity index (χ1v) is 7.99. The largest absolute Gasteiger partial charge is 0.416 e.